The number of ether oxygens (including phenoxy) is 1. The van der Waals surface area contributed by atoms with E-state index in [1.165, 1.54) is 16.2 Å². The fraction of sp³-hybridized carbons (Fsp3) is 0.312. The number of carboxylic acid groups (broad SMARTS) is 1. The Labute approximate surface area is 137 Å². The first-order valence-corrected chi connectivity index (χ1v) is 8.04. The van der Waals surface area contributed by atoms with Crippen molar-refractivity contribution in [2.24, 2.45) is 0 Å². The Hall–Kier alpha value is -2.25. The normalized spacial score (nSPS) is 18.0. The minimum Gasteiger partial charge on any atom is -0.479 e. The number of aryl methyl sites for hydroxylation is 1. The Morgan fingerprint density at radius 2 is 2.09 bits per heavy atom. The van der Waals surface area contributed by atoms with E-state index in [0.717, 1.165) is 10.6 Å². The third kappa shape index (κ3) is 3.25. The van der Waals surface area contributed by atoms with Crippen molar-refractivity contribution in [3.8, 4) is 10.6 Å². The molecule has 1 saturated heterocycles. The Morgan fingerprint density at radius 3 is 2.78 bits per heavy atom. The van der Waals surface area contributed by atoms with Gasteiger partial charge in [-0.1, -0.05) is 30.3 Å². The molecule has 0 unspecified atom stereocenters. The molecule has 3 rings (SSSR count). The molecule has 1 amide bonds. The van der Waals surface area contributed by atoms with E-state index in [2.05, 4.69) is 4.98 Å². The van der Waals surface area contributed by atoms with Crippen LogP contribution in [-0.2, 0) is 9.53 Å². The van der Waals surface area contributed by atoms with Gasteiger partial charge in [-0.05, 0) is 6.92 Å². The van der Waals surface area contributed by atoms with Crippen molar-refractivity contribution in [1.82, 2.24) is 9.88 Å². The highest BCUT2D eigenvalue weighted by Gasteiger charge is 2.31. The van der Waals surface area contributed by atoms with E-state index in [1.54, 1.807) is 6.92 Å². The van der Waals surface area contributed by atoms with Crippen LogP contribution in [0.3, 0.4) is 0 Å². The summed E-state index contributed by atoms with van der Waals surface area (Å²) >= 11 is 1.33. The Bertz CT molecular complexity index is 729. The smallest absolute Gasteiger partial charge is 0.334 e. The molecule has 2 aromatic rings. The third-order valence-corrected chi connectivity index (χ3v) is 4.84. The van der Waals surface area contributed by atoms with Crippen molar-refractivity contribution >= 4 is 23.2 Å². The third-order valence-electron chi connectivity index (χ3n) is 3.64. The van der Waals surface area contributed by atoms with E-state index >= 15 is 0 Å². The molecule has 1 aromatic carbocycles. The van der Waals surface area contributed by atoms with Crippen LogP contribution in [0.2, 0.25) is 0 Å². The van der Waals surface area contributed by atoms with Gasteiger partial charge < -0.3 is 14.7 Å². The predicted octanol–water partition coefficient (Wildman–Crippen LogP) is 2.04. The van der Waals surface area contributed by atoms with Crippen molar-refractivity contribution in [1.29, 1.82) is 0 Å². The van der Waals surface area contributed by atoms with Crippen molar-refractivity contribution in [3.63, 3.8) is 0 Å². The number of thiazole rings is 1. The minimum atomic E-state index is -1.05. The number of aliphatic carboxylic acids is 1. The van der Waals surface area contributed by atoms with Crippen LogP contribution in [0.5, 0.6) is 0 Å². The number of morpholine rings is 1. The highest BCUT2D eigenvalue weighted by atomic mass is 32.1. The van der Waals surface area contributed by atoms with Crippen LogP contribution in [-0.4, -0.2) is 52.7 Å². The second kappa shape index (κ2) is 6.47. The molecule has 0 saturated carbocycles. The number of benzene rings is 1. The zero-order valence-corrected chi connectivity index (χ0v) is 13.4. The van der Waals surface area contributed by atoms with Crippen LogP contribution in [0.25, 0.3) is 10.6 Å². The maximum absolute atomic E-state index is 12.7. The van der Waals surface area contributed by atoms with Gasteiger partial charge in [-0.2, -0.15) is 0 Å². The molecular weight excluding hydrogens is 316 g/mol. The van der Waals surface area contributed by atoms with Gasteiger partial charge in [-0.3, -0.25) is 4.79 Å². The van der Waals surface area contributed by atoms with E-state index < -0.39 is 12.1 Å². The predicted molar refractivity (Wildman–Crippen MR) is 85.6 cm³/mol. The van der Waals surface area contributed by atoms with Gasteiger partial charge in [0.15, 0.2) is 6.10 Å². The average Bonchev–Trinajstić information content (AvgIpc) is 2.97. The van der Waals surface area contributed by atoms with Crippen LogP contribution >= 0.6 is 11.3 Å². The molecule has 2 heterocycles. The van der Waals surface area contributed by atoms with Gasteiger partial charge in [0.25, 0.3) is 5.91 Å². The molecule has 1 aliphatic heterocycles. The van der Waals surface area contributed by atoms with Crippen molar-refractivity contribution in [2.45, 2.75) is 13.0 Å². The number of nitrogens with zero attached hydrogens (tertiary/aromatic N) is 2. The van der Waals surface area contributed by atoms with Gasteiger partial charge >= 0.3 is 5.97 Å². The lowest BCUT2D eigenvalue weighted by atomic mass is 10.2. The second-order valence-corrected chi connectivity index (χ2v) is 6.25. The molecule has 1 atom stereocenters. The van der Waals surface area contributed by atoms with Gasteiger partial charge in [0.2, 0.25) is 0 Å². The van der Waals surface area contributed by atoms with E-state index in [9.17, 15) is 9.59 Å². The maximum atomic E-state index is 12.7. The summed E-state index contributed by atoms with van der Waals surface area (Å²) in [5, 5.41) is 9.83. The first-order valence-electron chi connectivity index (χ1n) is 7.23. The van der Waals surface area contributed by atoms with Crippen molar-refractivity contribution in [2.75, 3.05) is 19.7 Å². The largest absolute Gasteiger partial charge is 0.479 e. The van der Waals surface area contributed by atoms with Gasteiger partial charge in [0.1, 0.15) is 9.88 Å². The summed E-state index contributed by atoms with van der Waals surface area (Å²) in [6.45, 7) is 2.48. The zero-order valence-electron chi connectivity index (χ0n) is 12.6. The molecule has 23 heavy (non-hydrogen) atoms. The second-order valence-electron chi connectivity index (χ2n) is 5.25. The molecule has 0 spiro atoms. The fourth-order valence-corrected chi connectivity index (χ4v) is 3.47. The summed E-state index contributed by atoms with van der Waals surface area (Å²) < 4.78 is 5.15. The van der Waals surface area contributed by atoms with Gasteiger partial charge in [-0.15, -0.1) is 11.3 Å². The topological polar surface area (TPSA) is 79.7 Å². The van der Waals surface area contributed by atoms with E-state index in [4.69, 9.17) is 9.84 Å². The molecule has 1 fully saturated rings. The highest BCUT2D eigenvalue weighted by molar-refractivity contribution is 7.17. The number of rotatable bonds is 3. The van der Waals surface area contributed by atoms with E-state index in [1.807, 2.05) is 30.3 Å². The molecular formula is C16H16N2O4S. The van der Waals surface area contributed by atoms with Crippen molar-refractivity contribution < 1.29 is 19.4 Å². The number of carbonyl (C=O) groups is 2. The van der Waals surface area contributed by atoms with Crippen LogP contribution < -0.4 is 0 Å². The lowest BCUT2D eigenvalue weighted by Crippen LogP contribution is -2.48. The first kappa shape index (κ1) is 15.6. The molecule has 1 N–H and O–H groups in total. The number of amides is 1. The molecule has 1 aliphatic rings. The van der Waals surface area contributed by atoms with Crippen LogP contribution in [0.1, 0.15) is 15.4 Å². The summed E-state index contributed by atoms with van der Waals surface area (Å²) in [5.74, 6) is -1.23. The van der Waals surface area contributed by atoms with Crippen LogP contribution in [0.15, 0.2) is 30.3 Å². The lowest BCUT2D eigenvalue weighted by molar-refractivity contribution is -0.154. The number of carbonyl (C=O) groups excluding carboxylic acids is 1. The minimum absolute atomic E-state index is 0.0617. The SMILES string of the molecule is Cc1nc(-c2ccccc2)sc1C(=O)N1CCO[C@@H](C(=O)O)C1. The van der Waals surface area contributed by atoms with Gasteiger partial charge in [-0.25, -0.2) is 9.78 Å². The number of hydrogen-bond donors (Lipinski definition) is 1. The maximum Gasteiger partial charge on any atom is 0.334 e. The van der Waals surface area contributed by atoms with Gasteiger partial charge in [0, 0.05) is 12.1 Å². The molecule has 120 valence electrons. The first-order chi connectivity index (χ1) is 11.1. The Balaban J connectivity index is 1.83. The van der Waals surface area contributed by atoms with E-state index in [-0.39, 0.29) is 19.1 Å². The van der Waals surface area contributed by atoms with Gasteiger partial charge in [0.05, 0.1) is 18.8 Å². The van der Waals surface area contributed by atoms with Crippen LogP contribution in [0, 0.1) is 6.92 Å². The van der Waals surface area contributed by atoms with Crippen molar-refractivity contribution in [3.05, 3.63) is 40.9 Å². The molecule has 1 aromatic heterocycles. The Morgan fingerprint density at radius 1 is 1.35 bits per heavy atom. The number of hydrogen-bond acceptors (Lipinski definition) is 5. The lowest BCUT2D eigenvalue weighted by Gasteiger charge is -2.30. The quantitative estimate of drug-likeness (QED) is 0.930. The monoisotopic (exact) mass is 332 g/mol. The summed E-state index contributed by atoms with van der Waals surface area (Å²) in [6, 6.07) is 9.67. The Kier molecular flexibility index (Phi) is 4.40. The standard InChI is InChI=1S/C16H16N2O4S/c1-10-13(23-14(17-10)11-5-3-2-4-6-11)15(19)18-7-8-22-12(9-18)16(20)21/h2-6,12H,7-9H2,1H3,(H,20,21)/t12-/m1/s1. The summed E-state index contributed by atoms with van der Waals surface area (Å²) in [6.07, 6.45) is -0.963. The summed E-state index contributed by atoms with van der Waals surface area (Å²) in [5.41, 5.74) is 1.63. The number of aromatic nitrogens is 1. The number of carboxylic acids is 1. The molecule has 7 heteroatoms. The average molecular weight is 332 g/mol. The highest BCUT2D eigenvalue weighted by Crippen LogP contribution is 2.29. The fourth-order valence-electron chi connectivity index (χ4n) is 2.43. The summed E-state index contributed by atoms with van der Waals surface area (Å²) in [4.78, 5) is 30.3. The van der Waals surface area contributed by atoms with E-state index in [0.29, 0.717) is 17.1 Å². The molecule has 0 bridgehead atoms. The molecule has 0 aliphatic carbocycles. The molecule has 6 nitrogen and oxygen atoms in total. The van der Waals surface area contributed by atoms with Crippen LogP contribution in [0.4, 0.5) is 0 Å². The molecule has 0 radical (unpaired) electrons. The summed E-state index contributed by atoms with van der Waals surface area (Å²) in [7, 11) is 0. The zero-order chi connectivity index (χ0) is 16.4.